The molecule has 0 radical (unpaired) electrons. The smallest absolute Gasteiger partial charge is 0.224 e. The molecule has 0 aliphatic rings. The SMILES string of the molecule is CC.CCC.CCNC(=O)Cc1ccc(CC(=O)NCC(C)(C)C)cc1. The molecule has 2 N–H and O–H groups in total. The lowest BCUT2D eigenvalue weighted by Crippen LogP contribution is -2.33. The highest BCUT2D eigenvalue weighted by molar-refractivity contribution is 5.79. The lowest BCUT2D eigenvalue weighted by molar-refractivity contribution is -0.121. The molecular formula is C22H40N2O2. The highest BCUT2D eigenvalue weighted by Crippen LogP contribution is 2.11. The Kier molecular flexibility index (Phi) is 15.6. The topological polar surface area (TPSA) is 58.2 Å². The minimum absolute atomic E-state index is 0.0215. The Morgan fingerprint density at radius 1 is 0.808 bits per heavy atom. The van der Waals surface area contributed by atoms with E-state index in [-0.39, 0.29) is 17.2 Å². The third-order valence-corrected chi connectivity index (χ3v) is 2.94. The molecule has 0 bridgehead atoms. The summed E-state index contributed by atoms with van der Waals surface area (Å²) < 4.78 is 0. The van der Waals surface area contributed by atoms with E-state index >= 15 is 0 Å². The van der Waals surface area contributed by atoms with Crippen LogP contribution in [0.1, 0.15) is 72.9 Å². The van der Waals surface area contributed by atoms with Gasteiger partial charge in [-0.3, -0.25) is 9.59 Å². The molecule has 0 aromatic heterocycles. The number of benzene rings is 1. The second-order valence-electron chi connectivity index (χ2n) is 7.17. The van der Waals surface area contributed by atoms with Crippen LogP contribution in [0, 0.1) is 5.41 Å². The maximum absolute atomic E-state index is 11.8. The van der Waals surface area contributed by atoms with E-state index in [1.165, 1.54) is 6.42 Å². The molecule has 1 rings (SSSR count). The van der Waals surface area contributed by atoms with Gasteiger partial charge in [0.25, 0.3) is 0 Å². The Hall–Kier alpha value is -1.84. The van der Waals surface area contributed by atoms with Gasteiger partial charge in [-0.15, -0.1) is 0 Å². The van der Waals surface area contributed by atoms with Gasteiger partial charge < -0.3 is 10.6 Å². The molecule has 4 nitrogen and oxygen atoms in total. The highest BCUT2D eigenvalue weighted by atomic mass is 16.2. The first-order valence-corrected chi connectivity index (χ1v) is 9.83. The van der Waals surface area contributed by atoms with Crippen molar-refractivity contribution in [3.63, 3.8) is 0 Å². The van der Waals surface area contributed by atoms with E-state index in [9.17, 15) is 9.59 Å². The van der Waals surface area contributed by atoms with Crippen molar-refractivity contribution in [2.24, 2.45) is 5.41 Å². The van der Waals surface area contributed by atoms with Gasteiger partial charge in [-0.2, -0.15) is 0 Å². The first-order valence-electron chi connectivity index (χ1n) is 9.83. The summed E-state index contributed by atoms with van der Waals surface area (Å²) in [5, 5.41) is 5.70. The van der Waals surface area contributed by atoms with E-state index in [1.807, 2.05) is 45.0 Å². The van der Waals surface area contributed by atoms with E-state index in [0.29, 0.717) is 25.9 Å². The Morgan fingerprint density at radius 3 is 1.46 bits per heavy atom. The predicted octanol–water partition coefficient (Wildman–Crippen LogP) is 4.51. The van der Waals surface area contributed by atoms with Gasteiger partial charge in [0.2, 0.25) is 11.8 Å². The number of likely N-dealkylation sites (N-methyl/N-ethyl adjacent to an activating group) is 1. The third-order valence-electron chi connectivity index (χ3n) is 2.94. The monoisotopic (exact) mass is 364 g/mol. The van der Waals surface area contributed by atoms with Gasteiger partial charge in [-0.05, 0) is 23.5 Å². The zero-order valence-electron chi connectivity index (χ0n) is 18.2. The molecule has 26 heavy (non-hydrogen) atoms. The number of carbonyl (C=O) groups is 2. The van der Waals surface area contributed by atoms with Gasteiger partial charge in [0.1, 0.15) is 0 Å². The van der Waals surface area contributed by atoms with Crippen LogP contribution in [-0.2, 0) is 22.4 Å². The first-order chi connectivity index (χ1) is 12.2. The van der Waals surface area contributed by atoms with Crippen LogP contribution in [0.2, 0.25) is 0 Å². The fourth-order valence-electron chi connectivity index (χ4n) is 1.83. The summed E-state index contributed by atoms with van der Waals surface area (Å²) in [7, 11) is 0. The molecule has 1 aromatic carbocycles. The summed E-state index contributed by atoms with van der Waals surface area (Å²) in [4.78, 5) is 23.3. The fourth-order valence-corrected chi connectivity index (χ4v) is 1.83. The standard InChI is InChI=1S/C17H26N2O2.C3H8.C2H6/c1-5-18-15(20)10-13-6-8-14(9-7-13)11-16(21)19-12-17(2,3)4;1-3-2;1-2/h6-9H,5,10-12H2,1-4H3,(H,18,20)(H,19,21);3H2,1-2H3;1-2H3. The molecule has 0 saturated carbocycles. The average Bonchev–Trinajstić information content (AvgIpc) is 2.57. The molecule has 0 spiro atoms. The van der Waals surface area contributed by atoms with Crippen LogP contribution >= 0.6 is 0 Å². The minimum atomic E-state index is 0.0215. The van der Waals surface area contributed by atoms with Crippen molar-refractivity contribution in [2.45, 2.75) is 74.7 Å². The van der Waals surface area contributed by atoms with Crippen LogP contribution in [0.15, 0.2) is 24.3 Å². The van der Waals surface area contributed by atoms with Crippen molar-refractivity contribution < 1.29 is 9.59 Å². The Balaban J connectivity index is 0. The summed E-state index contributed by atoms with van der Waals surface area (Å²) in [6.45, 7) is 17.7. The number of hydrogen-bond donors (Lipinski definition) is 2. The number of nitrogens with one attached hydrogen (secondary N) is 2. The lowest BCUT2D eigenvalue weighted by atomic mass is 9.97. The summed E-state index contributed by atoms with van der Waals surface area (Å²) in [6.07, 6.45) is 2.00. The van der Waals surface area contributed by atoms with Gasteiger partial charge in [0, 0.05) is 13.1 Å². The van der Waals surface area contributed by atoms with Gasteiger partial charge in [0.05, 0.1) is 12.8 Å². The number of carbonyl (C=O) groups excluding carboxylic acids is 2. The van der Waals surface area contributed by atoms with Crippen molar-refractivity contribution in [1.82, 2.24) is 10.6 Å². The van der Waals surface area contributed by atoms with Crippen molar-refractivity contribution in [3.8, 4) is 0 Å². The van der Waals surface area contributed by atoms with Crippen LogP contribution in [0.4, 0.5) is 0 Å². The molecule has 0 aliphatic carbocycles. The number of hydrogen-bond acceptors (Lipinski definition) is 2. The normalized spacial score (nSPS) is 9.85. The largest absolute Gasteiger partial charge is 0.356 e. The summed E-state index contributed by atoms with van der Waals surface area (Å²) in [6, 6.07) is 7.62. The molecule has 4 heteroatoms. The highest BCUT2D eigenvalue weighted by Gasteiger charge is 2.12. The van der Waals surface area contributed by atoms with E-state index in [2.05, 4.69) is 45.3 Å². The van der Waals surface area contributed by atoms with E-state index in [0.717, 1.165) is 11.1 Å². The lowest BCUT2D eigenvalue weighted by Gasteiger charge is -2.18. The molecule has 0 aliphatic heterocycles. The van der Waals surface area contributed by atoms with Crippen LogP contribution in [0.5, 0.6) is 0 Å². The first kappa shape index (κ1) is 26.4. The van der Waals surface area contributed by atoms with Crippen LogP contribution in [0.25, 0.3) is 0 Å². The molecular weight excluding hydrogens is 324 g/mol. The van der Waals surface area contributed by atoms with Crippen LogP contribution in [-0.4, -0.2) is 24.9 Å². The summed E-state index contributed by atoms with van der Waals surface area (Å²) in [5.74, 6) is 0.0505. The predicted molar refractivity (Wildman–Crippen MR) is 112 cm³/mol. The van der Waals surface area contributed by atoms with Crippen molar-refractivity contribution in [2.75, 3.05) is 13.1 Å². The average molecular weight is 365 g/mol. The van der Waals surface area contributed by atoms with Gasteiger partial charge in [-0.25, -0.2) is 0 Å². The third kappa shape index (κ3) is 15.7. The summed E-state index contributed by atoms with van der Waals surface area (Å²) in [5.41, 5.74) is 2.01. The Morgan fingerprint density at radius 2 is 1.15 bits per heavy atom. The molecule has 0 fully saturated rings. The van der Waals surface area contributed by atoms with E-state index in [4.69, 9.17) is 0 Å². The minimum Gasteiger partial charge on any atom is -0.356 e. The van der Waals surface area contributed by atoms with E-state index < -0.39 is 0 Å². The van der Waals surface area contributed by atoms with Crippen LogP contribution < -0.4 is 10.6 Å². The Bertz CT molecular complexity index is 488. The quantitative estimate of drug-likeness (QED) is 0.780. The Labute approximate surface area is 161 Å². The summed E-state index contributed by atoms with van der Waals surface area (Å²) >= 11 is 0. The maximum Gasteiger partial charge on any atom is 0.224 e. The molecule has 0 heterocycles. The maximum atomic E-state index is 11.8. The fraction of sp³-hybridized carbons (Fsp3) is 0.636. The number of amides is 2. The molecule has 1 aromatic rings. The van der Waals surface area contributed by atoms with Crippen LogP contribution in [0.3, 0.4) is 0 Å². The van der Waals surface area contributed by atoms with E-state index in [1.54, 1.807) is 0 Å². The second kappa shape index (κ2) is 15.4. The zero-order valence-corrected chi connectivity index (χ0v) is 18.2. The van der Waals surface area contributed by atoms with Gasteiger partial charge in [-0.1, -0.05) is 79.2 Å². The van der Waals surface area contributed by atoms with Gasteiger partial charge in [0.15, 0.2) is 0 Å². The molecule has 0 saturated heterocycles. The molecule has 150 valence electrons. The van der Waals surface area contributed by atoms with Crippen molar-refractivity contribution in [3.05, 3.63) is 35.4 Å². The van der Waals surface area contributed by atoms with Gasteiger partial charge >= 0.3 is 0 Å². The second-order valence-corrected chi connectivity index (χ2v) is 7.17. The van der Waals surface area contributed by atoms with Crippen molar-refractivity contribution in [1.29, 1.82) is 0 Å². The number of rotatable bonds is 6. The molecule has 0 atom stereocenters. The molecule has 2 amide bonds. The molecule has 0 unspecified atom stereocenters. The van der Waals surface area contributed by atoms with Crippen molar-refractivity contribution >= 4 is 11.8 Å². The zero-order chi connectivity index (χ0) is 20.6.